The van der Waals surface area contributed by atoms with E-state index >= 15 is 0 Å². The summed E-state index contributed by atoms with van der Waals surface area (Å²) in [6.07, 6.45) is 14.5. The molecule has 2 amide bonds. The summed E-state index contributed by atoms with van der Waals surface area (Å²) in [7, 11) is 0. The second-order valence-corrected chi connectivity index (χ2v) is 8.11. The topological polar surface area (TPSA) is 63.7 Å². The third-order valence-corrected chi connectivity index (χ3v) is 5.70. The van der Waals surface area contributed by atoms with Gasteiger partial charge in [0.05, 0.1) is 17.7 Å². The zero-order chi connectivity index (χ0) is 21.6. The largest absolute Gasteiger partial charge is 0.466 e. The minimum atomic E-state index is -0.142. The van der Waals surface area contributed by atoms with Crippen LogP contribution in [0.3, 0.4) is 0 Å². The van der Waals surface area contributed by atoms with Gasteiger partial charge in [0.15, 0.2) is 0 Å². The summed E-state index contributed by atoms with van der Waals surface area (Å²) in [5.74, 6) is -0.353. The van der Waals surface area contributed by atoms with Crippen molar-refractivity contribution in [3.05, 3.63) is 35.4 Å². The van der Waals surface area contributed by atoms with E-state index in [4.69, 9.17) is 4.74 Å². The summed E-state index contributed by atoms with van der Waals surface area (Å²) in [6, 6.07) is 7.08. The highest BCUT2D eigenvalue weighted by Crippen LogP contribution is 2.23. The van der Waals surface area contributed by atoms with Crippen LogP contribution in [0.15, 0.2) is 24.3 Å². The van der Waals surface area contributed by atoms with Crippen LogP contribution in [0.2, 0.25) is 0 Å². The smallest absolute Gasteiger partial charge is 0.305 e. The van der Waals surface area contributed by atoms with Gasteiger partial charge in [0.1, 0.15) is 0 Å². The molecule has 1 heterocycles. The number of nitrogens with zero attached hydrogens (tertiary/aromatic N) is 1. The first-order valence-corrected chi connectivity index (χ1v) is 11.8. The van der Waals surface area contributed by atoms with Gasteiger partial charge in [0.2, 0.25) is 0 Å². The first-order chi connectivity index (χ1) is 14.6. The minimum absolute atomic E-state index is 0.0683. The molecule has 5 nitrogen and oxygen atoms in total. The summed E-state index contributed by atoms with van der Waals surface area (Å²) >= 11 is 0. The number of ether oxygens (including phenoxy) is 1. The maximum absolute atomic E-state index is 12.3. The average Bonchev–Trinajstić information content (AvgIpc) is 2.99. The Balaban J connectivity index is 1.38. The molecule has 0 fully saturated rings. The van der Waals surface area contributed by atoms with Crippen LogP contribution in [0.1, 0.15) is 111 Å². The van der Waals surface area contributed by atoms with Gasteiger partial charge in [0.25, 0.3) is 11.8 Å². The van der Waals surface area contributed by atoms with Crippen LogP contribution in [0.5, 0.6) is 0 Å². The molecule has 30 heavy (non-hydrogen) atoms. The Morgan fingerprint density at radius 2 is 1.17 bits per heavy atom. The molecule has 0 aliphatic carbocycles. The maximum Gasteiger partial charge on any atom is 0.305 e. The molecule has 0 saturated heterocycles. The number of unbranched alkanes of at least 4 members (excludes halogenated alkanes) is 11. The van der Waals surface area contributed by atoms with Crippen molar-refractivity contribution in [3.8, 4) is 0 Å². The second-order valence-electron chi connectivity index (χ2n) is 8.11. The Kier molecular flexibility index (Phi) is 11.2. The quantitative estimate of drug-likeness (QED) is 0.191. The standard InChI is InChI=1S/C25H37NO4/c1-2-30-23(27)19-13-11-9-7-5-3-4-6-8-10-12-16-20-26-24(28)21-17-14-15-18-22(21)25(26)29/h14-15,17-18H,2-13,16,19-20H2,1H3. The molecule has 1 aliphatic rings. The van der Waals surface area contributed by atoms with E-state index in [9.17, 15) is 14.4 Å². The zero-order valence-electron chi connectivity index (χ0n) is 18.5. The zero-order valence-corrected chi connectivity index (χ0v) is 18.5. The van der Waals surface area contributed by atoms with E-state index in [1.165, 1.54) is 49.8 Å². The number of amides is 2. The van der Waals surface area contributed by atoms with E-state index in [1.807, 2.05) is 6.92 Å². The number of carbonyl (C=O) groups is 3. The lowest BCUT2D eigenvalue weighted by molar-refractivity contribution is -0.143. The number of imide groups is 1. The number of hydrogen-bond acceptors (Lipinski definition) is 4. The van der Waals surface area contributed by atoms with Crippen LogP contribution < -0.4 is 0 Å². The Morgan fingerprint density at radius 3 is 1.63 bits per heavy atom. The molecule has 2 rings (SSSR count). The molecule has 1 aliphatic heterocycles. The number of carbonyl (C=O) groups excluding carboxylic acids is 3. The number of fused-ring (bicyclic) bond motifs is 1. The van der Waals surface area contributed by atoms with Gasteiger partial charge in [-0.1, -0.05) is 76.3 Å². The molecule has 0 bridgehead atoms. The number of rotatable bonds is 16. The molecule has 0 aromatic heterocycles. The molecule has 0 atom stereocenters. The van der Waals surface area contributed by atoms with E-state index in [0.29, 0.717) is 30.7 Å². The molecular formula is C25H37NO4. The third-order valence-electron chi connectivity index (χ3n) is 5.70. The van der Waals surface area contributed by atoms with E-state index in [1.54, 1.807) is 24.3 Å². The van der Waals surface area contributed by atoms with Crippen molar-refractivity contribution in [2.45, 2.75) is 90.4 Å². The van der Waals surface area contributed by atoms with Crippen LogP contribution in [-0.4, -0.2) is 35.8 Å². The predicted octanol–water partition coefficient (Wildman–Crippen LogP) is 5.92. The molecule has 166 valence electrons. The maximum atomic E-state index is 12.3. The number of hydrogen-bond donors (Lipinski definition) is 0. The molecule has 0 N–H and O–H groups in total. The van der Waals surface area contributed by atoms with Gasteiger partial charge in [-0.15, -0.1) is 0 Å². The van der Waals surface area contributed by atoms with Gasteiger partial charge >= 0.3 is 5.97 Å². The molecular weight excluding hydrogens is 378 g/mol. The van der Waals surface area contributed by atoms with E-state index in [-0.39, 0.29) is 17.8 Å². The first-order valence-electron chi connectivity index (χ1n) is 11.8. The van der Waals surface area contributed by atoms with Crippen LogP contribution in [-0.2, 0) is 9.53 Å². The Bertz CT molecular complexity index is 650. The van der Waals surface area contributed by atoms with Crippen LogP contribution >= 0.6 is 0 Å². The van der Waals surface area contributed by atoms with Gasteiger partial charge < -0.3 is 4.74 Å². The number of benzene rings is 1. The Morgan fingerprint density at radius 1 is 0.733 bits per heavy atom. The fraction of sp³-hybridized carbons (Fsp3) is 0.640. The Labute approximate surface area is 181 Å². The van der Waals surface area contributed by atoms with Crippen molar-refractivity contribution in [1.82, 2.24) is 4.90 Å². The summed E-state index contributed by atoms with van der Waals surface area (Å²) in [5, 5.41) is 0. The summed E-state index contributed by atoms with van der Waals surface area (Å²) in [4.78, 5) is 37.2. The third kappa shape index (κ3) is 7.92. The van der Waals surface area contributed by atoms with Crippen LogP contribution in [0, 0.1) is 0 Å². The molecule has 1 aromatic rings. The summed E-state index contributed by atoms with van der Waals surface area (Å²) < 4.78 is 4.93. The highest BCUT2D eigenvalue weighted by Gasteiger charge is 2.34. The minimum Gasteiger partial charge on any atom is -0.466 e. The Hall–Kier alpha value is -2.17. The average molecular weight is 416 g/mol. The van der Waals surface area contributed by atoms with Crippen molar-refractivity contribution >= 4 is 17.8 Å². The molecule has 0 saturated carbocycles. The normalized spacial score (nSPS) is 13.0. The lowest BCUT2D eigenvalue weighted by atomic mass is 10.0. The fourth-order valence-corrected chi connectivity index (χ4v) is 3.98. The van der Waals surface area contributed by atoms with E-state index in [0.717, 1.165) is 32.1 Å². The summed E-state index contributed by atoms with van der Waals surface area (Å²) in [6.45, 7) is 2.85. The van der Waals surface area contributed by atoms with E-state index in [2.05, 4.69) is 0 Å². The fourth-order valence-electron chi connectivity index (χ4n) is 3.98. The first kappa shape index (κ1) is 24.1. The van der Waals surface area contributed by atoms with Crippen molar-refractivity contribution in [1.29, 1.82) is 0 Å². The van der Waals surface area contributed by atoms with Gasteiger partial charge in [-0.25, -0.2) is 0 Å². The van der Waals surface area contributed by atoms with E-state index < -0.39 is 0 Å². The molecule has 5 heteroatoms. The van der Waals surface area contributed by atoms with Crippen LogP contribution in [0.4, 0.5) is 0 Å². The lowest BCUT2D eigenvalue weighted by Gasteiger charge is -2.13. The molecule has 0 spiro atoms. The molecule has 0 radical (unpaired) electrons. The molecule has 1 aromatic carbocycles. The molecule has 0 unspecified atom stereocenters. The predicted molar refractivity (Wildman–Crippen MR) is 118 cm³/mol. The summed E-state index contributed by atoms with van der Waals surface area (Å²) in [5.41, 5.74) is 1.09. The number of esters is 1. The van der Waals surface area contributed by atoms with Crippen molar-refractivity contribution < 1.29 is 19.1 Å². The monoisotopic (exact) mass is 415 g/mol. The SMILES string of the molecule is CCOC(=O)CCCCCCCCCCCCCCN1C(=O)c2ccccc2C1=O. The van der Waals surface area contributed by atoms with Crippen molar-refractivity contribution in [3.63, 3.8) is 0 Å². The van der Waals surface area contributed by atoms with Crippen LogP contribution in [0.25, 0.3) is 0 Å². The van der Waals surface area contributed by atoms with Gasteiger partial charge in [0, 0.05) is 13.0 Å². The van der Waals surface area contributed by atoms with Crippen molar-refractivity contribution in [2.75, 3.05) is 13.2 Å². The second kappa shape index (κ2) is 13.9. The van der Waals surface area contributed by atoms with Crippen molar-refractivity contribution in [2.24, 2.45) is 0 Å². The highest BCUT2D eigenvalue weighted by molar-refractivity contribution is 6.21. The van der Waals surface area contributed by atoms with Gasteiger partial charge in [-0.2, -0.15) is 0 Å². The highest BCUT2D eigenvalue weighted by atomic mass is 16.5. The van der Waals surface area contributed by atoms with Gasteiger partial charge in [-0.05, 0) is 31.9 Å². The lowest BCUT2D eigenvalue weighted by Crippen LogP contribution is -2.30. The van der Waals surface area contributed by atoms with Gasteiger partial charge in [-0.3, -0.25) is 19.3 Å².